The predicted octanol–water partition coefficient (Wildman–Crippen LogP) is 4.18. The van der Waals surface area contributed by atoms with Crippen molar-refractivity contribution in [2.24, 2.45) is 16.7 Å². The summed E-state index contributed by atoms with van der Waals surface area (Å²) in [6.07, 6.45) is 10.2. The third-order valence-corrected chi connectivity index (χ3v) is 6.31. The van der Waals surface area contributed by atoms with Gasteiger partial charge in [-0.25, -0.2) is 0 Å². The van der Waals surface area contributed by atoms with Crippen molar-refractivity contribution in [2.45, 2.75) is 77.9 Å². The van der Waals surface area contributed by atoms with E-state index in [1.807, 2.05) is 19.9 Å². The Balaban J connectivity index is 2.10. The number of ether oxygens (including phenoxy) is 1. The van der Waals surface area contributed by atoms with Crippen LogP contribution in [0.15, 0.2) is 11.6 Å². The lowest BCUT2D eigenvalue weighted by Gasteiger charge is -2.55. The molecule has 3 nitrogen and oxygen atoms in total. The van der Waals surface area contributed by atoms with Crippen LogP contribution >= 0.6 is 0 Å². The molecule has 1 saturated carbocycles. The van der Waals surface area contributed by atoms with Gasteiger partial charge in [0.05, 0.1) is 23.2 Å². The van der Waals surface area contributed by atoms with Crippen LogP contribution < -0.4 is 0 Å². The summed E-state index contributed by atoms with van der Waals surface area (Å²) in [5.74, 6) is 0.524. The van der Waals surface area contributed by atoms with Gasteiger partial charge in [0.1, 0.15) is 6.07 Å². The zero-order valence-corrected chi connectivity index (χ0v) is 14.0. The van der Waals surface area contributed by atoms with E-state index in [0.717, 1.165) is 19.3 Å². The van der Waals surface area contributed by atoms with Crippen LogP contribution in [0.25, 0.3) is 0 Å². The molecule has 1 aliphatic heterocycles. The second-order valence-corrected chi connectivity index (χ2v) is 7.90. The molecule has 0 amide bonds. The van der Waals surface area contributed by atoms with Gasteiger partial charge in [-0.3, -0.25) is 4.79 Å². The van der Waals surface area contributed by atoms with Gasteiger partial charge < -0.3 is 4.74 Å². The van der Waals surface area contributed by atoms with Gasteiger partial charge in [0, 0.05) is 5.41 Å². The van der Waals surface area contributed by atoms with E-state index >= 15 is 0 Å². The molecular formula is C19H27NO2. The summed E-state index contributed by atoms with van der Waals surface area (Å²) in [6, 6.07) is 2.17. The fourth-order valence-electron chi connectivity index (χ4n) is 5.10. The monoisotopic (exact) mass is 301 g/mol. The third kappa shape index (κ3) is 2.15. The summed E-state index contributed by atoms with van der Waals surface area (Å²) >= 11 is 0. The van der Waals surface area contributed by atoms with Gasteiger partial charge >= 0.3 is 0 Å². The van der Waals surface area contributed by atoms with E-state index in [1.54, 1.807) is 0 Å². The van der Waals surface area contributed by atoms with E-state index in [9.17, 15) is 10.1 Å². The van der Waals surface area contributed by atoms with Crippen molar-refractivity contribution in [1.29, 1.82) is 5.26 Å². The Morgan fingerprint density at radius 3 is 2.59 bits per heavy atom. The van der Waals surface area contributed by atoms with Gasteiger partial charge in [0.15, 0.2) is 5.78 Å². The van der Waals surface area contributed by atoms with Crippen molar-refractivity contribution >= 4 is 5.78 Å². The summed E-state index contributed by atoms with van der Waals surface area (Å²) in [5.41, 5.74) is -0.340. The van der Waals surface area contributed by atoms with Gasteiger partial charge in [0.2, 0.25) is 0 Å². The molecule has 0 unspecified atom stereocenters. The van der Waals surface area contributed by atoms with Crippen LogP contribution in [-0.4, -0.2) is 18.0 Å². The van der Waals surface area contributed by atoms with E-state index in [1.165, 1.54) is 25.7 Å². The van der Waals surface area contributed by atoms with Crippen molar-refractivity contribution in [1.82, 2.24) is 0 Å². The third-order valence-electron chi connectivity index (χ3n) is 6.31. The van der Waals surface area contributed by atoms with E-state index < -0.39 is 5.41 Å². The minimum atomic E-state index is -0.601. The topological polar surface area (TPSA) is 50.1 Å². The first-order valence-corrected chi connectivity index (χ1v) is 8.79. The zero-order chi connectivity index (χ0) is 16.0. The van der Waals surface area contributed by atoms with Crippen LogP contribution in [0.4, 0.5) is 0 Å². The number of rotatable bonds is 2. The van der Waals surface area contributed by atoms with Crippen LogP contribution in [-0.2, 0) is 9.53 Å². The molecule has 3 aliphatic rings. The number of fused-ring (bicyclic) bond motifs is 1. The van der Waals surface area contributed by atoms with Gasteiger partial charge in [-0.05, 0) is 51.9 Å². The average molecular weight is 301 g/mol. The standard InChI is InChI=1S/C19H27NO2/c1-4-15-9-10-19(14-7-5-6-8-14)11-13(12-20)16(21)18(2,3)17(19)22-15/h11,14-15,17H,4-10H2,1-3H3/t15-,17+,19+/m0/s1. The molecule has 0 radical (unpaired) electrons. The lowest BCUT2D eigenvalue weighted by atomic mass is 9.54. The number of carbonyl (C=O) groups is 1. The molecule has 0 aromatic heterocycles. The zero-order valence-electron chi connectivity index (χ0n) is 14.0. The first-order valence-electron chi connectivity index (χ1n) is 8.79. The van der Waals surface area contributed by atoms with Crippen molar-refractivity contribution in [3.63, 3.8) is 0 Å². The molecule has 0 bridgehead atoms. The quantitative estimate of drug-likeness (QED) is 0.768. The number of nitriles is 1. The van der Waals surface area contributed by atoms with Crippen LogP contribution in [0, 0.1) is 28.1 Å². The molecule has 3 rings (SSSR count). The number of carbonyl (C=O) groups excluding carboxylic acids is 1. The molecule has 2 fully saturated rings. The Labute approximate surface area is 133 Å². The molecule has 0 spiro atoms. The predicted molar refractivity (Wildman–Crippen MR) is 85.1 cm³/mol. The second kappa shape index (κ2) is 5.49. The lowest BCUT2D eigenvalue weighted by Crippen LogP contribution is -2.59. The molecular weight excluding hydrogens is 274 g/mol. The highest BCUT2D eigenvalue weighted by molar-refractivity contribution is 6.04. The average Bonchev–Trinajstić information content (AvgIpc) is 3.06. The summed E-state index contributed by atoms with van der Waals surface area (Å²) in [5, 5.41) is 9.46. The Morgan fingerprint density at radius 2 is 2.00 bits per heavy atom. The molecule has 22 heavy (non-hydrogen) atoms. The number of nitrogens with zero attached hydrogens (tertiary/aromatic N) is 1. The number of hydrogen-bond acceptors (Lipinski definition) is 3. The van der Waals surface area contributed by atoms with E-state index in [-0.39, 0.29) is 23.4 Å². The maximum absolute atomic E-state index is 12.7. The van der Waals surface area contributed by atoms with Gasteiger partial charge in [-0.15, -0.1) is 0 Å². The molecule has 1 heterocycles. The van der Waals surface area contributed by atoms with E-state index in [4.69, 9.17) is 4.74 Å². The number of allylic oxidation sites excluding steroid dienone is 1. The molecule has 3 atom stereocenters. The van der Waals surface area contributed by atoms with Crippen LogP contribution in [0.3, 0.4) is 0 Å². The van der Waals surface area contributed by atoms with Gasteiger partial charge in [-0.1, -0.05) is 25.8 Å². The number of ketones is 1. The SMILES string of the molecule is CC[C@H]1CC[C@]2(C3CCCC3)C=C(C#N)C(=O)C(C)(C)[C@H]2O1. The normalized spacial score (nSPS) is 38.3. The summed E-state index contributed by atoms with van der Waals surface area (Å²) in [7, 11) is 0. The molecule has 120 valence electrons. The molecule has 0 aromatic carbocycles. The Kier molecular flexibility index (Phi) is 3.93. The number of hydrogen-bond donors (Lipinski definition) is 0. The Morgan fingerprint density at radius 1 is 1.32 bits per heavy atom. The van der Waals surface area contributed by atoms with Gasteiger partial charge in [0.25, 0.3) is 0 Å². The minimum absolute atomic E-state index is 0.0367. The van der Waals surface area contributed by atoms with Crippen molar-refractivity contribution in [3.8, 4) is 6.07 Å². The highest BCUT2D eigenvalue weighted by Crippen LogP contribution is 2.58. The Hall–Kier alpha value is -1.14. The van der Waals surface area contributed by atoms with Crippen molar-refractivity contribution in [2.75, 3.05) is 0 Å². The largest absolute Gasteiger partial charge is 0.373 e. The Bertz CT molecular complexity index is 536. The molecule has 1 saturated heterocycles. The summed E-state index contributed by atoms with van der Waals surface area (Å²) in [6.45, 7) is 6.11. The maximum atomic E-state index is 12.7. The highest BCUT2D eigenvalue weighted by Gasteiger charge is 2.59. The van der Waals surface area contributed by atoms with Crippen molar-refractivity contribution < 1.29 is 9.53 Å². The first-order chi connectivity index (χ1) is 10.5. The summed E-state index contributed by atoms with van der Waals surface area (Å²) < 4.78 is 6.46. The fraction of sp³-hybridized carbons (Fsp3) is 0.789. The molecule has 0 N–H and O–H groups in total. The lowest BCUT2D eigenvalue weighted by molar-refractivity contribution is -0.185. The highest BCUT2D eigenvalue weighted by atomic mass is 16.5. The summed E-state index contributed by atoms with van der Waals surface area (Å²) in [4.78, 5) is 12.7. The van der Waals surface area contributed by atoms with Crippen molar-refractivity contribution in [3.05, 3.63) is 11.6 Å². The molecule has 3 heteroatoms. The van der Waals surface area contributed by atoms with Crippen LogP contribution in [0.5, 0.6) is 0 Å². The molecule has 2 aliphatic carbocycles. The second-order valence-electron chi connectivity index (χ2n) is 7.90. The minimum Gasteiger partial charge on any atom is -0.373 e. The maximum Gasteiger partial charge on any atom is 0.181 e. The fourth-order valence-corrected chi connectivity index (χ4v) is 5.10. The number of Topliss-reactive ketones (excluding diaryl/α,β-unsaturated/α-hetero) is 1. The first kappa shape index (κ1) is 15.7. The van der Waals surface area contributed by atoms with E-state index in [2.05, 4.69) is 13.0 Å². The molecule has 0 aromatic rings. The van der Waals surface area contributed by atoms with Gasteiger partial charge in [-0.2, -0.15) is 5.26 Å². The smallest absolute Gasteiger partial charge is 0.181 e. The van der Waals surface area contributed by atoms with Crippen LogP contribution in [0.1, 0.15) is 65.7 Å². The van der Waals surface area contributed by atoms with Crippen LogP contribution in [0.2, 0.25) is 0 Å². The van der Waals surface area contributed by atoms with E-state index in [0.29, 0.717) is 11.5 Å².